The number of pyridine rings is 1. The number of para-hydroxylation sites is 1. The number of amides is 1. The van der Waals surface area contributed by atoms with E-state index in [-0.39, 0.29) is 11.3 Å². The van der Waals surface area contributed by atoms with Crippen LogP contribution in [0.15, 0.2) is 54.9 Å². The van der Waals surface area contributed by atoms with Crippen LogP contribution in [0.3, 0.4) is 0 Å². The van der Waals surface area contributed by atoms with Crippen LogP contribution >= 0.6 is 0 Å². The fraction of sp³-hybridized carbons (Fsp3) is 0.190. The Hall–Kier alpha value is -3.81. The largest absolute Gasteiger partial charge is 0.449 e. The van der Waals surface area contributed by atoms with Crippen molar-refractivity contribution in [2.24, 2.45) is 0 Å². The zero-order chi connectivity index (χ0) is 21.0. The van der Waals surface area contributed by atoms with E-state index in [2.05, 4.69) is 15.4 Å². The van der Waals surface area contributed by atoms with Gasteiger partial charge in [0.05, 0.1) is 17.6 Å². The Bertz CT molecular complexity index is 1060. The molecule has 1 aromatic carbocycles. The van der Waals surface area contributed by atoms with Gasteiger partial charge in [0.15, 0.2) is 17.7 Å². The average molecular weight is 392 g/mol. The Morgan fingerprint density at radius 2 is 1.79 bits per heavy atom. The Morgan fingerprint density at radius 1 is 1.07 bits per heavy atom. The van der Waals surface area contributed by atoms with Gasteiger partial charge in [-0.05, 0) is 45.0 Å². The normalized spacial score (nSPS) is 11.6. The van der Waals surface area contributed by atoms with Crippen molar-refractivity contribution in [3.05, 3.63) is 71.7 Å². The molecule has 2 heterocycles. The van der Waals surface area contributed by atoms with E-state index in [0.717, 1.165) is 0 Å². The number of nitrogens with zero attached hydrogens (tertiary/aromatic N) is 3. The second-order valence-electron chi connectivity index (χ2n) is 6.38. The lowest BCUT2D eigenvalue weighted by atomic mass is 10.1. The van der Waals surface area contributed by atoms with Crippen molar-refractivity contribution in [1.82, 2.24) is 14.8 Å². The minimum atomic E-state index is -1.07. The first-order chi connectivity index (χ1) is 13.9. The highest BCUT2D eigenvalue weighted by molar-refractivity contribution is 6.05. The van der Waals surface area contributed by atoms with E-state index in [9.17, 15) is 14.4 Å². The predicted molar refractivity (Wildman–Crippen MR) is 106 cm³/mol. The van der Waals surface area contributed by atoms with Crippen LogP contribution in [-0.4, -0.2) is 38.5 Å². The fourth-order valence-corrected chi connectivity index (χ4v) is 2.73. The SMILES string of the molecule is CC(=O)c1ccccc1NC(=O)C(C)OC(=O)c1cnn(-c2ccccn2)c1C. The number of aromatic nitrogens is 3. The minimum Gasteiger partial charge on any atom is -0.449 e. The van der Waals surface area contributed by atoms with E-state index >= 15 is 0 Å². The van der Waals surface area contributed by atoms with Gasteiger partial charge in [-0.15, -0.1) is 0 Å². The van der Waals surface area contributed by atoms with Crippen LogP contribution in [-0.2, 0) is 9.53 Å². The zero-order valence-corrected chi connectivity index (χ0v) is 16.2. The number of hydrogen-bond donors (Lipinski definition) is 1. The van der Waals surface area contributed by atoms with Crippen molar-refractivity contribution in [3.63, 3.8) is 0 Å². The Labute approximate surface area is 167 Å². The summed E-state index contributed by atoms with van der Waals surface area (Å²) in [4.78, 5) is 40.8. The Balaban J connectivity index is 1.71. The number of esters is 1. The summed E-state index contributed by atoms with van der Waals surface area (Å²) < 4.78 is 6.81. The van der Waals surface area contributed by atoms with Gasteiger partial charge in [-0.3, -0.25) is 9.59 Å². The maximum Gasteiger partial charge on any atom is 0.342 e. The van der Waals surface area contributed by atoms with Gasteiger partial charge in [-0.1, -0.05) is 18.2 Å². The Kier molecular flexibility index (Phi) is 5.82. The van der Waals surface area contributed by atoms with Gasteiger partial charge in [0, 0.05) is 11.8 Å². The highest BCUT2D eigenvalue weighted by Gasteiger charge is 2.23. The smallest absolute Gasteiger partial charge is 0.342 e. The number of carbonyl (C=O) groups excluding carboxylic acids is 3. The molecule has 2 aromatic heterocycles. The molecule has 1 atom stereocenters. The summed E-state index contributed by atoms with van der Waals surface area (Å²) in [5, 5.41) is 6.80. The highest BCUT2D eigenvalue weighted by Crippen LogP contribution is 2.17. The van der Waals surface area contributed by atoms with E-state index in [1.54, 1.807) is 49.5 Å². The highest BCUT2D eigenvalue weighted by atomic mass is 16.5. The Morgan fingerprint density at radius 3 is 2.48 bits per heavy atom. The molecule has 8 nitrogen and oxygen atoms in total. The fourth-order valence-electron chi connectivity index (χ4n) is 2.73. The molecule has 8 heteroatoms. The second-order valence-corrected chi connectivity index (χ2v) is 6.38. The predicted octanol–water partition coefficient (Wildman–Crippen LogP) is 2.96. The summed E-state index contributed by atoms with van der Waals surface area (Å²) in [5.74, 6) is -0.826. The van der Waals surface area contributed by atoms with Gasteiger partial charge in [-0.25, -0.2) is 14.5 Å². The molecule has 0 bridgehead atoms. The molecule has 0 spiro atoms. The first kappa shape index (κ1) is 19.9. The topological polar surface area (TPSA) is 103 Å². The number of carbonyl (C=O) groups is 3. The van der Waals surface area contributed by atoms with Crippen LogP contribution in [0, 0.1) is 6.92 Å². The third kappa shape index (κ3) is 4.37. The quantitative estimate of drug-likeness (QED) is 0.511. The molecule has 3 rings (SSSR count). The molecule has 1 N–H and O–H groups in total. The molecule has 148 valence electrons. The molecule has 0 aliphatic heterocycles. The number of rotatable bonds is 6. The summed E-state index contributed by atoms with van der Waals surface area (Å²) in [6, 6.07) is 12.0. The molecule has 1 amide bonds. The van der Waals surface area contributed by atoms with Gasteiger partial charge < -0.3 is 10.1 Å². The summed E-state index contributed by atoms with van der Waals surface area (Å²) in [5.41, 5.74) is 1.53. The van der Waals surface area contributed by atoms with Crippen LogP contribution in [0.1, 0.15) is 40.3 Å². The lowest BCUT2D eigenvalue weighted by Crippen LogP contribution is -2.30. The third-order valence-electron chi connectivity index (χ3n) is 4.31. The standard InChI is InChI=1S/C21H20N4O4/c1-13-17(12-23-25(13)19-10-6-7-11-22-19)21(28)29-15(3)20(27)24-18-9-5-4-8-16(18)14(2)26/h4-12,15H,1-3H3,(H,24,27). The van der Waals surface area contributed by atoms with Crippen molar-refractivity contribution in [2.75, 3.05) is 5.32 Å². The lowest BCUT2D eigenvalue weighted by Gasteiger charge is -2.15. The first-order valence-corrected chi connectivity index (χ1v) is 8.96. The van der Waals surface area contributed by atoms with Crippen molar-refractivity contribution in [1.29, 1.82) is 0 Å². The van der Waals surface area contributed by atoms with Gasteiger partial charge in [0.25, 0.3) is 5.91 Å². The molecular weight excluding hydrogens is 372 g/mol. The van der Waals surface area contributed by atoms with E-state index in [4.69, 9.17) is 4.74 Å². The first-order valence-electron chi connectivity index (χ1n) is 8.96. The molecule has 0 fully saturated rings. The molecule has 29 heavy (non-hydrogen) atoms. The second kappa shape index (κ2) is 8.47. The molecule has 0 aliphatic rings. The van der Waals surface area contributed by atoms with Gasteiger partial charge in [0.1, 0.15) is 5.56 Å². The number of anilines is 1. The lowest BCUT2D eigenvalue weighted by molar-refractivity contribution is -0.123. The van der Waals surface area contributed by atoms with Gasteiger partial charge in [-0.2, -0.15) is 5.10 Å². The van der Waals surface area contributed by atoms with E-state index in [1.165, 1.54) is 24.7 Å². The van der Waals surface area contributed by atoms with Crippen LogP contribution in [0.25, 0.3) is 5.82 Å². The summed E-state index contributed by atoms with van der Waals surface area (Å²) in [6.45, 7) is 4.59. The molecule has 0 saturated carbocycles. The minimum absolute atomic E-state index is 0.178. The van der Waals surface area contributed by atoms with Crippen LogP contribution in [0.5, 0.6) is 0 Å². The molecule has 0 radical (unpaired) electrons. The third-order valence-corrected chi connectivity index (χ3v) is 4.31. The zero-order valence-electron chi connectivity index (χ0n) is 16.2. The maximum atomic E-state index is 12.5. The number of ketones is 1. The summed E-state index contributed by atoms with van der Waals surface area (Å²) in [6.07, 6.45) is 1.93. The monoisotopic (exact) mass is 392 g/mol. The molecular formula is C21H20N4O4. The van der Waals surface area contributed by atoms with Crippen LogP contribution in [0.2, 0.25) is 0 Å². The van der Waals surface area contributed by atoms with Crippen molar-refractivity contribution in [2.45, 2.75) is 26.9 Å². The van der Waals surface area contributed by atoms with Gasteiger partial charge >= 0.3 is 5.97 Å². The van der Waals surface area contributed by atoms with E-state index in [1.807, 2.05) is 6.07 Å². The molecule has 3 aromatic rings. The number of Topliss-reactive ketones (excluding diaryl/α,β-unsaturated/α-hetero) is 1. The van der Waals surface area contributed by atoms with Gasteiger partial charge in [0.2, 0.25) is 0 Å². The van der Waals surface area contributed by atoms with Crippen molar-refractivity contribution >= 4 is 23.3 Å². The van der Waals surface area contributed by atoms with E-state index < -0.39 is 18.0 Å². The summed E-state index contributed by atoms with van der Waals surface area (Å²) in [7, 11) is 0. The molecule has 0 saturated heterocycles. The number of ether oxygens (including phenoxy) is 1. The summed E-state index contributed by atoms with van der Waals surface area (Å²) >= 11 is 0. The van der Waals surface area contributed by atoms with Crippen LogP contribution < -0.4 is 5.32 Å². The maximum absolute atomic E-state index is 12.5. The number of hydrogen-bond acceptors (Lipinski definition) is 6. The van der Waals surface area contributed by atoms with Crippen LogP contribution in [0.4, 0.5) is 5.69 Å². The van der Waals surface area contributed by atoms with E-state index in [0.29, 0.717) is 22.8 Å². The molecule has 1 unspecified atom stereocenters. The van der Waals surface area contributed by atoms with Crippen molar-refractivity contribution in [3.8, 4) is 5.82 Å². The number of nitrogens with one attached hydrogen (secondary N) is 1. The number of benzene rings is 1. The average Bonchev–Trinajstić information content (AvgIpc) is 3.10. The molecule has 0 aliphatic carbocycles. The van der Waals surface area contributed by atoms with Crippen molar-refractivity contribution < 1.29 is 19.1 Å².